The molecule has 9 heteroatoms. The molecule has 1 atom stereocenters. The lowest BCUT2D eigenvalue weighted by atomic mass is 10.2. The number of hydrogen-bond acceptors (Lipinski definition) is 6. The summed E-state index contributed by atoms with van der Waals surface area (Å²) in [7, 11) is 1.37. The highest BCUT2D eigenvalue weighted by Crippen LogP contribution is 2.28. The number of hydrogen-bond donors (Lipinski definition) is 2. The van der Waals surface area contributed by atoms with E-state index in [9.17, 15) is 19.7 Å². The molecule has 0 aliphatic carbocycles. The first-order valence-corrected chi connectivity index (χ1v) is 10.1. The number of amides is 2. The molecule has 2 amide bonds. The lowest BCUT2D eigenvalue weighted by Crippen LogP contribution is -2.45. The molecule has 2 rings (SSSR count). The van der Waals surface area contributed by atoms with E-state index < -0.39 is 11.0 Å². The number of carbonyl (C=O) groups excluding carboxylic acids is 2. The SMILES string of the molecule is COc1ccc(CSCC(=O)NC(C)C(=O)NCc2ccccc2)cc1[N+](=O)[O-]. The Morgan fingerprint density at radius 2 is 1.90 bits per heavy atom. The van der Waals surface area contributed by atoms with Crippen molar-refractivity contribution in [3.8, 4) is 5.75 Å². The molecule has 29 heavy (non-hydrogen) atoms. The van der Waals surface area contributed by atoms with Crippen LogP contribution < -0.4 is 15.4 Å². The number of nitro groups is 1. The van der Waals surface area contributed by atoms with Gasteiger partial charge in [0.05, 0.1) is 17.8 Å². The van der Waals surface area contributed by atoms with E-state index in [1.807, 2.05) is 30.3 Å². The number of nitro benzene ring substituents is 1. The Labute approximate surface area is 173 Å². The van der Waals surface area contributed by atoms with Gasteiger partial charge in [0.2, 0.25) is 11.8 Å². The molecule has 2 aromatic rings. The zero-order valence-electron chi connectivity index (χ0n) is 16.2. The van der Waals surface area contributed by atoms with Crippen LogP contribution >= 0.6 is 11.8 Å². The summed E-state index contributed by atoms with van der Waals surface area (Å²) in [6, 6.07) is 13.5. The highest BCUT2D eigenvalue weighted by Gasteiger charge is 2.17. The molecule has 0 aliphatic heterocycles. The summed E-state index contributed by atoms with van der Waals surface area (Å²) < 4.78 is 4.97. The van der Waals surface area contributed by atoms with Crippen molar-refractivity contribution < 1.29 is 19.2 Å². The monoisotopic (exact) mass is 417 g/mol. The molecule has 0 aromatic heterocycles. The van der Waals surface area contributed by atoms with Crippen LogP contribution in [0.15, 0.2) is 48.5 Å². The molecule has 0 spiro atoms. The zero-order chi connectivity index (χ0) is 21.2. The van der Waals surface area contributed by atoms with E-state index in [4.69, 9.17) is 4.74 Å². The standard InChI is InChI=1S/C20H23N3O5S/c1-14(20(25)21-11-15-6-4-3-5-7-15)22-19(24)13-29-12-16-8-9-18(28-2)17(10-16)23(26)27/h3-10,14H,11-13H2,1-2H3,(H,21,25)(H,22,24). The number of carbonyl (C=O) groups is 2. The van der Waals surface area contributed by atoms with Gasteiger partial charge in [-0.3, -0.25) is 19.7 Å². The number of nitrogens with zero attached hydrogens (tertiary/aromatic N) is 1. The number of rotatable bonds is 10. The lowest BCUT2D eigenvalue weighted by molar-refractivity contribution is -0.385. The third-order valence-corrected chi connectivity index (χ3v) is 5.03. The summed E-state index contributed by atoms with van der Waals surface area (Å²) in [6.45, 7) is 2.01. The molecular weight excluding hydrogens is 394 g/mol. The van der Waals surface area contributed by atoms with Crippen LogP contribution in [0.4, 0.5) is 5.69 Å². The number of ether oxygens (including phenoxy) is 1. The summed E-state index contributed by atoms with van der Waals surface area (Å²) in [5.41, 5.74) is 1.58. The van der Waals surface area contributed by atoms with Gasteiger partial charge in [0.25, 0.3) is 0 Å². The molecular formula is C20H23N3O5S. The second-order valence-corrected chi connectivity index (χ2v) is 7.23. The average molecular weight is 417 g/mol. The van der Waals surface area contributed by atoms with Crippen LogP contribution in [-0.4, -0.2) is 35.6 Å². The normalized spacial score (nSPS) is 11.4. The Kier molecular flexibility index (Phi) is 8.47. The quantitative estimate of drug-likeness (QED) is 0.454. The van der Waals surface area contributed by atoms with Crippen LogP contribution in [0.3, 0.4) is 0 Å². The summed E-state index contributed by atoms with van der Waals surface area (Å²) in [5, 5.41) is 16.5. The van der Waals surface area contributed by atoms with Crippen molar-refractivity contribution in [2.45, 2.75) is 25.3 Å². The van der Waals surface area contributed by atoms with Crippen molar-refractivity contribution in [2.24, 2.45) is 0 Å². The molecule has 2 aromatic carbocycles. The second kappa shape index (κ2) is 11.1. The Hall–Kier alpha value is -3.07. The molecule has 1 unspecified atom stereocenters. The highest BCUT2D eigenvalue weighted by atomic mass is 32.2. The van der Waals surface area contributed by atoms with Crippen molar-refractivity contribution in [3.05, 3.63) is 69.8 Å². The van der Waals surface area contributed by atoms with E-state index in [1.54, 1.807) is 13.0 Å². The first kappa shape index (κ1) is 22.2. The molecule has 0 saturated carbocycles. The molecule has 8 nitrogen and oxygen atoms in total. The van der Waals surface area contributed by atoms with Gasteiger partial charge in [-0.05, 0) is 24.1 Å². The third-order valence-electron chi connectivity index (χ3n) is 4.02. The van der Waals surface area contributed by atoms with Gasteiger partial charge in [-0.15, -0.1) is 11.8 Å². The smallest absolute Gasteiger partial charge is 0.311 e. The van der Waals surface area contributed by atoms with E-state index in [0.29, 0.717) is 17.9 Å². The molecule has 0 bridgehead atoms. The summed E-state index contributed by atoms with van der Waals surface area (Å²) in [4.78, 5) is 34.7. The minimum Gasteiger partial charge on any atom is -0.490 e. The fourth-order valence-electron chi connectivity index (χ4n) is 2.52. The van der Waals surface area contributed by atoms with Crippen molar-refractivity contribution in [3.63, 3.8) is 0 Å². The van der Waals surface area contributed by atoms with Crippen molar-refractivity contribution in [1.82, 2.24) is 10.6 Å². The average Bonchev–Trinajstić information content (AvgIpc) is 2.72. The third kappa shape index (κ3) is 7.11. The molecule has 0 saturated heterocycles. The van der Waals surface area contributed by atoms with Crippen molar-refractivity contribution in [2.75, 3.05) is 12.9 Å². The topological polar surface area (TPSA) is 111 Å². The number of benzene rings is 2. The van der Waals surface area contributed by atoms with Gasteiger partial charge in [0, 0.05) is 18.4 Å². The number of thioether (sulfide) groups is 1. The summed E-state index contributed by atoms with van der Waals surface area (Å²) in [5.74, 6) is 0.207. The zero-order valence-corrected chi connectivity index (χ0v) is 17.0. The van der Waals surface area contributed by atoms with Gasteiger partial charge in [0.15, 0.2) is 5.75 Å². The molecule has 2 N–H and O–H groups in total. The van der Waals surface area contributed by atoms with Crippen LogP contribution in [0.2, 0.25) is 0 Å². The molecule has 0 aliphatic rings. The molecule has 0 heterocycles. The molecule has 0 fully saturated rings. The van der Waals surface area contributed by atoms with Crippen LogP contribution in [0, 0.1) is 10.1 Å². The van der Waals surface area contributed by atoms with Gasteiger partial charge < -0.3 is 15.4 Å². The van der Waals surface area contributed by atoms with E-state index in [-0.39, 0.29) is 29.0 Å². The first-order chi connectivity index (χ1) is 13.9. The van der Waals surface area contributed by atoms with Gasteiger partial charge in [-0.1, -0.05) is 36.4 Å². The van der Waals surface area contributed by atoms with Gasteiger partial charge >= 0.3 is 5.69 Å². The van der Waals surface area contributed by atoms with E-state index in [1.165, 1.54) is 31.0 Å². The van der Waals surface area contributed by atoms with E-state index in [2.05, 4.69) is 10.6 Å². The lowest BCUT2D eigenvalue weighted by Gasteiger charge is -2.14. The van der Waals surface area contributed by atoms with Gasteiger partial charge in [-0.2, -0.15) is 0 Å². The second-order valence-electron chi connectivity index (χ2n) is 6.25. The number of nitrogens with one attached hydrogen (secondary N) is 2. The Bertz CT molecular complexity index is 860. The predicted octanol–water partition coefficient (Wildman–Crippen LogP) is 2.66. The molecule has 0 radical (unpaired) electrons. The summed E-state index contributed by atoms with van der Waals surface area (Å²) in [6.07, 6.45) is 0. The van der Waals surface area contributed by atoms with Crippen molar-refractivity contribution in [1.29, 1.82) is 0 Å². The van der Waals surface area contributed by atoms with E-state index >= 15 is 0 Å². The predicted molar refractivity (Wildman–Crippen MR) is 112 cm³/mol. The Morgan fingerprint density at radius 3 is 2.55 bits per heavy atom. The number of methoxy groups -OCH3 is 1. The maximum atomic E-state index is 12.1. The Morgan fingerprint density at radius 1 is 1.17 bits per heavy atom. The van der Waals surface area contributed by atoms with Crippen LogP contribution in [0.1, 0.15) is 18.1 Å². The largest absolute Gasteiger partial charge is 0.490 e. The summed E-state index contributed by atoms with van der Waals surface area (Å²) >= 11 is 1.31. The maximum Gasteiger partial charge on any atom is 0.311 e. The fraction of sp³-hybridized carbons (Fsp3) is 0.300. The fourth-order valence-corrected chi connectivity index (χ4v) is 3.30. The Balaban J connectivity index is 1.75. The van der Waals surface area contributed by atoms with Crippen molar-refractivity contribution >= 4 is 29.3 Å². The minimum atomic E-state index is -0.658. The highest BCUT2D eigenvalue weighted by molar-refractivity contribution is 7.99. The van der Waals surface area contributed by atoms with E-state index in [0.717, 1.165) is 5.56 Å². The molecule has 154 valence electrons. The van der Waals surface area contributed by atoms with Crippen LogP contribution in [0.25, 0.3) is 0 Å². The van der Waals surface area contributed by atoms with Gasteiger partial charge in [0.1, 0.15) is 6.04 Å². The minimum absolute atomic E-state index is 0.112. The van der Waals surface area contributed by atoms with Gasteiger partial charge in [-0.25, -0.2) is 0 Å². The first-order valence-electron chi connectivity index (χ1n) is 8.90. The maximum absolute atomic E-state index is 12.1. The van der Waals surface area contributed by atoms with Crippen LogP contribution in [-0.2, 0) is 21.9 Å². The van der Waals surface area contributed by atoms with Crippen LogP contribution in [0.5, 0.6) is 5.75 Å².